The molecule has 2 nitrogen and oxygen atoms in total. The summed E-state index contributed by atoms with van der Waals surface area (Å²) in [5.74, 6) is 1.52. The highest BCUT2D eigenvalue weighted by atomic mass is 79.9. The van der Waals surface area contributed by atoms with E-state index >= 15 is 0 Å². The van der Waals surface area contributed by atoms with Gasteiger partial charge in [-0.25, -0.2) is 0 Å². The molecule has 1 aromatic carbocycles. The highest BCUT2D eigenvalue weighted by Crippen LogP contribution is 2.48. The van der Waals surface area contributed by atoms with Crippen molar-refractivity contribution in [3.63, 3.8) is 0 Å². The van der Waals surface area contributed by atoms with Crippen LogP contribution in [0.1, 0.15) is 37.2 Å². The molecular formula is C17H15BrClNOS. The molecule has 0 aromatic heterocycles. The summed E-state index contributed by atoms with van der Waals surface area (Å²) in [6.45, 7) is 0. The van der Waals surface area contributed by atoms with Gasteiger partial charge in [-0.2, -0.15) is 11.8 Å². The molecule has 0 N–H and O–H groups in total. The fraction of sp³-hybridized carbons (Fsp3) is 0.412. The third-order valence-electron chi connectivity index (χ3n) is 4.61. The predicted octanol–water partition coefficient (Wildman–Crippen LogP) is 5.15. The minimum Gasteiger partial charge on any atom is -0.294 e. The number of aliphatic imine (C=N–C) groups is 1. The van der Waals surface area contributed by atoms with E-state index in [-0.39, 0.29) is 11.7 Å². The largest absolute Gasteiger partial charge is 0.294 e. The van der Waals surface area contributed by atoms with Crippen molar-refractivity contribution in [2.75, 3.05) is 5.75 Å². The van der Waals surface area contributed by atoms with Crippen LogP contribution in [0.25, 0.3) is 0 Å². The van der Waals surface area contributed by atoms with E-state index < -0.39 is 0 Å². The summed E-state index contributed by atoms with van der Waals surface area (Å²) in [6, 6.07) is 6.05. The van der Waals surface area contributed by atoms with Crippen LogP contribution in [0, 0.1) is 0 Å². The molecule has 22 heavy (non-hydrogen) atoms. The zero-order valence-electron chi connectivity index (χ0n) is 11.9. The number of ketones is 1. The molecule has 5 heteroatoms. The maximum atomic E-state index is 12.6. The second kappa shape index (κ2) is 5.81. The van der Waals surface area contributed by atoms with Crippen molar-refractivity contribution in [1.82, 2.24) is 0 Å². The topological polar surface area (TPSA) is 29.4 Å². The Morgan fingerprint density at radius 1 is 1.27 bits per heavy atom. The van der Waals surface area contributed by atoms with E-state index in [1.165, 1.54) is 11.3 Å². The van der Waals surface area contributed by atoms with Crippen molar-refractivity contribution < 1.29 is 4.79 Å². The number of carbonyl (C=O) groups excluding carboxylic acids is 1. The highest BCUT2D eigenvalue weighted by Gasteiger charge is 2.42. The van der Waals surface area contributed by atoms with Crippen molar-refractivity contribution in [3.8, 4) is 0 Å². The molecule has 114 valence electrons. The number of hydrogen-bond acceptors (Lipinski definition) is 3. The lowest BCUT2D eigenvalue weighted by molar-refractivity contribution is -0.116. The quantitative estimate of drug-likeness (QED) is 0.656. The lowest BCUT2D eigenvalue weighted by atomic mass is 9.77. The minimum absolute atomic E-state index is 0.136. The van der Waals surface area contributed by atoms with Crippen LogP contribution < -0.4 is 0 Å². The molecule has 0 radical (unpaired) electrons. The third kappa shape index (κ3) is 2.40. The molecule has 2 unspecified atom stereocenters. The van der Waals surface area contributed by atoms with Gasteiger partial charge >= 0.3 is 0 Å². The second-order valence-electron chi connectivity index (χ2n) is 5.93. The lowest BCUT2D eigenvalue weighted by Crippen LogP contribution is -2.32. The molecule has 0 spiro atoms. The number of Topliss-reactive ketones (excluding diaryl/α,β-unsaturated/α-hetero) is 1. The number of thioether (sulfide) groups is 1. The van der Waals surface area contributed by atoms with Crippen molar-refractivity contribution in [1.29, 1.82) is 0 Å². The van der Waals surface area contributed by atoms with Crippen molar-refractivity contribution in [2.24, 2.45) is 4.99 Å². The number of carbonyl (C=O) groups is 1. The van der Waals surface area contributed by atoms with Gasteiger partial charge in [0.05, 0.1) is 10.3 Å². The maximum Gasteiger partial charge on any atom is 0.161 e. The van der Waals surface area contributed by atoms with Crippen LogP contribution in [-0.4, -0.2) is 22.5 Å². The molecule has 0 bridgehead atoms. The number of hydrogen-bond donors (Lipinski definition) is 0. The second-order valence-corrected chi connectivity index (χ2v) is 8.44. The van der Waals surface area contributed by atoms with Gasteiger partial charge in [0.25, 0.3) is 0 Å². The average Bonchev–Trinajstić information content (AvgIpc) is 2.96. The van der Waals surface area contributed by atoms with Gasteiger partial charge in [-0.15, -0.1) is 0 Å². The predicted molar refractivity (Wildman–Crippen MR) is 96.1 cm³/mol. The number of benzene rings is 1. The molecule has 1 aliphatic carbocycles. The zero-order valence-corrected chi connectivity index (χ0v) is 15.1. The first kappa shape index (κ1) is 15.0. The Balaban J connectivity index is 1.87. The van der Waals surface area contributed by atoms with Gasteiger partial charge in [-0.3, -0.25) is 9.79 Å². The molecule has 2 aliphatic heterocycles. The van der Waals surface area contributed by atoms with E-state index in [1.807, 2.05) is 17.8 Å². The molecule has 1 fully saturated rings. The first-order chi connectivity index (χ1) is 10.6. The molecule has 4 rings (SSSR count). The first-order valence-corrected chi connectivity index (χ1v) is 9.77. The average molecular weight is 397 g/mol. The third-order valence-corrected chi connectivity index (χ3v) is 7.16. The lowest BCUT2D eigenvalue weighted by Gasteiger charge is -2.33. The fourth-order valence-electron chi connectivity index (χ4n) is 3.62. The van der Waals surface area contributed by atoms with E-state index in [2.05, 4.69) is 28.1 Å². The number of fused-ring (bicyclic) bond motifs is 1. The zero-order chi connectivity index (χ0) is 15.3. The summed E-state index contributed by atoms with van der Waals surface area (Å²) in [6.07, 6.45) is 3.58. The molecule has 1 aromatic rings. The number of halogens is 2. The SMILES string of the molecule is O=C1CCCC2=C1C(c1ccc(Cl)c(Br)c1)C1SCCC1=N2. The molecular weight excluding hydrogens is 382 g/mol. The van der Waals surface area contributed by atoms with E-state index in [9.17, 15) is 4.79 Å². The van der Waals surface area contributed by atoms with Crippen LogP contribution in [0.2, 0.25) is 5.02 Å². The van der Waals surface area contributed by atoms with Gasteiger partial charge in [0.2, 0.25) is 0 Å². The Kier molecular flexibility index (Phi) is 3.95. The Bertz CT molecular complexity index is 727. The van der Waals surface area contributed by atoms with E-state index in [4.69, 9.17) is 16.6 Å². The summed E-state index contributed by atoms with van der Waals surface area (Å²) >= 11 is 11.6. The number of nitrogens with zero attached hydrogens (tertiary/aromatic N) is 1. The van der Waals surface area contributed by atoms with Crippen molar-refractivity contribution >= 4 is 50.8 Å². The summed E-state index contributed by atoms with van der Waals surface area (Å²) < 4.78 is 0.893. The van der Waals surface area contributed by atoms with Gasteiger partial charge in [0.1, 0.15) is 0 Å². The molecule has 2 heterocycles. The Morgan fingerprint density at radius 2 is 2.14 bits per heavy atom. The summed E-state index contributed by atoms with van der Waals surface area (Å²) in [7, 11) is 0. The Hall–Kier alpha value is -0.580. The molecule has 0 amide bonds. The van der Waals surface area contributed by atoms with Gasteiger partial charge in [0, 0.05) is 33.8 Å². The van der Waals surface area contributed by atoms with Crippen LogP contribution in [-0.2, 0) is 4.79 Å². The summed E-state index contributed by atoms with van der Waals surface area (Å²) in [4.78, 5) is 17.4. The maximum absolute atomic E-state index is 12.6. The highest BCUT2D eigenvalue weighted by molar-refractivity contribution is 9.10. The standard InChI is InChI=1S/C17H15BrClNOS/c18-10-8-9(4-5-11(10)19)15-16-12(2-1-3-14(16)21)20-13-6-7-22-17(13)15/h4-5,8,15,17H,1-3,6-7H2. The Morgan fingerprint density at radius 3 is 2.95 bits per heavy atom. The van der Waals surface area contributed by atoms with Gasteiger partial charge in [-0.1, -0.05) is 17.7 Å². The Labute approximate surface area is 147 Å². The molecule has 0 saturated carbocycles. The normalized spacial score (nSPS) is 27.5. The summed E-state index contributed by atoms with van der Waals surface area (Å²) in [5.41, 5.74) is 4.45. The summed E-state index contributed by atoms with van der Waals surface area (Å²) in [5, 5.41) is 1.02. The molecule has 1 saturated heterocycles. The monoisotopic (exact) mass is 395 g/mol. The van der Waals surface area contributed by atoms with Crippen LogP contribution >= 0.6 is 39.3 Å². The number of rotatable bonds is 1. The molecule has 3 aliphatic rings. The van der Waals surface area contributed by atoms with Crippen LogP contribution in [0.3, 0.4) is 0 Å². The minimum atomic E-state index is 0.136. The first-order valence-electron chi connectivity index (χ1n) is 7.55. The smallest absolute Gasteiger partial charge is 0.161 e. The van der Waals surface area contributed by atoms with Crippen molar-refractivity contribution in [3.05, 3.63) is 44.5 Å². The van der Waals surface area contributed by atoms with Crippen LogP contribution in [0.4, 0.5) is 0 Å². The van der Waals surface area contributed by atoms with Crippen LogP contribution in [0.5, 0.6) is 0 Å². The van der Waals surface area contributed by atoms with E-state index in [0.717, 1.165) is 40.8 Å². The van der Waals surface area contributed by atoms with Gasteiger partial charge in [-0.05, 0) is 58.6 Å². The molecule has 2 atom stereocenters. The van der Waals surface area contributed by atoms with Gasteiger partial charge in [0.15, 0.2) is 5.78 Å². The number of allylic oxidation sites excluding steroid dienone is 2. The van der Waals surface area contributed by atoms with E-state index in [1.54, 1.807) is 0 Å². The van der Waals surface area contributed by atoms with Crippen LogP contribution in [0.15, 0.2) is 38.9 Å². The van der Waals surface area contributed by atoms with Gasteiger partial charge < -0.3 is 0 Å². The van der Waals surface area contributed by atoms with Crippen molar-refractivity contribution in [2.45, 2.75) is 36.9 Å². The van der Waals surface area contributed by atoms with E-state index in [0.29, 0.717) is 16.7 Å². The fourth-order valence-corrected chi connectivity index (χ4v) is 5.57.